The summed E-state index contributed by atoms with van der Waals surface area (Å²) < 4.78 is 5.04. The number of nitrogens with two attached hydrogens (primary N) is 1. The Morgan fingerprint density at radius 3 is 2.75 bits per heavy atom. The topological polar surface area (TPSA) is 84.6 Å². The van der Waals surface area contributed by atoms with Crippen molar-refractivity contribution in [3.05, 3.63) is 28.9 Å². The average molecular weight is 350 g/mol. The van der Waals surface area contributed by atoms with Gasteiger partial charge in [-0.2, -0.15) is 0 Å². The van der Waals surface area contributed by atoms with Crippen molar-refractivity contribution in [2.45, 2.75) is 13.5 Å². The van der Waals surface area contributed by atoms with E-state index in [4.69, 9.17) is 22.1 Å². The van der Waals surface area contributed by atoms with Gasteiger partial charge in [0.15, 0.2) is 5.65 Å². The predicted molar refractivity (Wildman–Crippen MR) is 92.8 cm³/mol. The van der Waals surface area contributed by atoms with Crippen molar-refractivity contribution in [1.29, 1.82) is 0 Å². The summed E-state index contributed by atoms with van der Waals surface area (Å²) in [7, 11) is 0. The first-order valence-corrected chi connectivity index (χ1v) is 8.30. The third-order valence-electron chi connectivity index (χ3n) is 4.04. The van der Waals surface area contributed by atoms with Crippen molar-refractivity contribution >= 4 is 34.5 Å². The first kappa shape index (κ1) is 16.7. The average Bonchev–Trinajstić information content (AvgIpc) is 2.55. The molecule has 0 aromatic carbocycles. The second-order valence-electron chi connectivity index (χ2n) is 5.67. The second kappa shape index (κ2) is 7.19. The molecular formula is C16H20ClN5O2. The molecule has 0 unspecified atom stereocenters. The molecule has 2 aromatic heterocycles. The monoisotopic (exact) mass is 349 g/mol. The van der Waals surface area contributed by atoms with E-state index in [2.05, 4.69) is 14.9 Å². The normalized spacial score (nSPS) is 15.7. The fraction of sp³-hybridized carbons (Fsp3) is 0.438. The summed E-state index contributed by atoms with van der Waals surface area (Å²) in [6, 6.07) is 5.55. The number of carbonyl (C=O) groups excluding carboxylic acids is 1. The second-order valence-corrected chi connectivity index (χ2v) is 6.06. The molecule has 1 fully saturated rings. The van der Waals surface area contributed by atoms with Crippen molar-refractivity contribution in [3.63, 3.8) is 0 Å². The Morgan fingerprint density at radius 2 is 2.04 bits per heavy atom. The Kier molecular flexibility index (Phi) is 5.01. The number of hydrogen-bond donors (Lipinski definition) is 1. The van der Waals surface area contributed by atoms with Crippen molar-refractivity contribution < 1.29 is 9.53 Å². The van der Waals surface area contributed by atoms with Gasteiger partial charge in [-0.3, -0.25) is 4.90 Å². The van der Waals surface area contributed by atoms with Gasteiger partial charge < -0.3 is 15.4 Å². The lowest BCUT2D eigenvalue weighted by atomic mass is 10.1. The first-order chi connectivity index (χ1) is 11.6. The molecule has 0 saturated carbocycles. The number of ether oxygens (including phenoxy) is 1. The van der Waals surface area contributed by atoms with E-state index in [1.807, 2.05) is 19.1 Å². The van der Waals surface area contributed by atoms with E-state index >= 15 is 0 Å². The summed E-state index contributed by atoms with van der Waals surface area (Å²) in [6.45, 7) is 5.80. The van der Waals surface area contributed by atoms with Crippen LogP contribution in [0.25, 0.3) is 11.0 Å². The van der Waals surface area contributed by atoms with Crippen molar-refractivity contribution in [3.8, 4) is 0 Å². The molecule has 1 aliphatic rings. The standard InChI is InChI=1S/C16H20ClN5O2/c1-2-24-16(23)22-7-5-21(6-8-22)10-11-9-13(17)19-15-12(11)3-4-14(18)20-15/h3-4,9H,2,5-8,10H2,1H3,(H2,18,19,20). The highest BCUT2D eigenvalue weighted by molar-refractivity contribution is 6.29. The van der Waals surface area contributed by atoms with E-state index in [9.17, 15) is 4.79 Å². The smallest absolute Gasteiger partial charge is 0.409 e. The predicted octanol–water partition coefficient (Wildman–Crippen LogP) is 2.14. The highest BCUT2D eigenvalue weighted by Crippen LogP contribution is 2.22. The lowest BCUT2D eigenvalue weighted by Crippen LogP contribution is -2.48. The van der Waals surface area contributed by atoms with Crippen molar-refractivity contribution in [2.24, 2.45) is 0 Å². The van der Waals surface area contributed by atoms with Gasteiger partial charge in [-0.25, -0.2) is 14.8 Å². The highest BCUT2D eigenvalue weighted by Gasteiger charge is 2.22. The number of carbonyl (C=O) groups is 1. The van der Waals surface area contributed by atoms with Gasteiger partial charge in [-0.1, -0.05) is 11.6 Å². The highest BCUT2D eigenvalue weighted by atomic mass is 35.5. The summed E-state index contributed by atoms with van der Waals surface area (Å²) in [5, 5.41) is 1.35. The Hall–Kier alpha value is -2.12. The van der Waals surface area contributed by atoms with Crippen LogP contribution in [0.2, 0.25) is 5.15 Å². The lowest BCUT2D eigenvalue weighted by Gasteiger charge is -2.34. The van der Waals surface area contributed by atoms with Crippen LogP contribution in [0, 0.1) is 0 Å². The van der Waals surface area contributed by atoms with Crippen LogP contribution in [0.5, 0.6) is 0 Å². The Labute approximate surface area is 145 Å². The maximum atomic E-state index is 11.8. The van der Waals surface area contributed by atoms with Crippen LogP contribution in [0.4, 0.5) is 10.6 Å². The molecule has 7 nitrogen and oxygen atoms in total. The molecule has 0 atom stereocenters. The third-order valence-corrected chi connectivity index (χ3v) is 4.23. The van der Waals surface area contributed by atoms with Crippen LogP contribution in [0.1, 0.15) is 12.5 Å². The summed E-state index contributed by atoms with van der Waals surface area (Å²) in [4.78, 5) is 24.2. The Balaban J connectivity index is 1.71. The minimum absolute atomic E-state index is 0.241. The SMILES string of the molecule is CCOC(=O)N1CCN(Cc2cc(Cl)nc3nc(N)ccc23)CC1. The van der Waals surface area contributed by atoms with Crippen LogP contribution in [-0.2, 0) is 11.3 Å². The number of hydrogen-bond acceptors (Lipinski definition) is 6. The number of piperazine rings is 1. The van der Waals surface area contributed by atoms with E-state index in [0.29, 0.717) is 36.3 Å². The quantitative estimate of drug-likeness (QED) is 0.854. The molecule has 2 aromatic rings. The van der Waals surface area contributed by atoms with Gasteiger partial charge in [0.1, 0.15) is 11.0 Å². The molecule has 3 heterocycles. The molecular weight excluding hydrogens is 330 g/mol. The molecule has 0 aliphatic carbocycles. The fourth-order valence-corrected chi connectivity index (χ4v) is 3.04. The fourth-order valence-electron chi connectivity index (χ4n) is 2.83. The lowest BCUT2D eigenvalue weighted by molar-refractivity contribution is 0.0779. The van der Waals surface area contributed by atoms with Crippen molar-refractivity contribution in [2.75, 3.05) is 38.5 Å². The zero-order valence-electron chi connectivity index (χ0n) is 13.5. The van der Waals surface area contributed by atoms with E-state index in [0.717, 1.165) is 30.6 Å². The van der Waals surface area contributed by atoms with Crippen LogP contribution < -0.4 is 5.73 Å². The number of fused-ring (bicyclic) bond motifs is 1. The van der Waals surface area contributed by atoms with Gasteiger partial charge in [-0.15, -0.1) is 0 Å². The largest absolute Gasteiger partial charge is 0.450 e. The van der Waals surface area contributed by atoms with Crippen LogP contribution in [0.15, 0.2) is 18.2 Å². The number of nitrogens with zero attached hydrogens (tertiary/aromatic N) is 4. The van der Waals surface area contributed by atoms with Gasteiger partial charge in [-0.05, 0) is 30.7 Å². The number of nitrogen functional groups attached to an aromatic ring is 1. The summed E-state index contributed by atoms with van der Waals surface area (Å²) >= 11 is 6.11. The Morgan fingerprint density at radius 1 is 1.29 bits per heavy atom. The molecule has 1 saturated heterocycles. The third kappa shape index (κ3) is 3.68. The molecule has 0 spiro atoms. The van der Waals surface area contributed by atoms with Crippen LogP contribution in [0.3, 0.4) is 0 Å². The molecule has 0 bridgehead atoms. The number of amides is 1. The number of halogens is 1. The molecule has 24 heavy (non-hydrogen) atoms. The molecule has 1 amide bonds. The van der Waals surface area contributed by atoms with E-state index < -0.39 is 0 Å². The van der Waals surface area contributed by atoms with Crippen LogP contribution in [-0.4, -0.2) is 58.6 Å². The van der Waals surface area contributed by atoms with E-state index in [-0.39, 0.29) is 6.09 Å². The van der Waals surface area contributed by atoms with Crippen LogP contribution >= 0.6 is 11.6 Å². The minimum atomic E-state index is -0.241. The maximum absolute atomic E-state index is 11.8. The molecule has 8 heteroatoms. The minimum Gasteiger partial charge on any atom is -0.450 e. The zero-order valence-corrected chi connectivity index (χ0v) is 14.3. The number of aromatic nitrogens is 2. The molecule has 0 radical (unpaired) electrons. The molecule has 2 N–H and O–H groups in total. The molecule has 1 aliphatic heterocycles. The number of anilines is 1. The Bertz CT molecular complexity index is 741. The number of pyridine rings is 2. The van der Waals surface area contributed by atoms with E-state index in [1.54, 1.807) is 11.0 Å². The van der Waals surface area contributed by atoms with Gasteiger partial charge in [0.05, 0.1) is 6.61 Å². The van der Waals surface area contributed by atoms with Gasteiger partial charge >= 0.3 is 6.09 Å². The molecule has 3 rings (SSSR count). The summed E-state index contributed by atoms with van der Waals surface area (Å²) in [6.07, 6.45) is -0.241. The zero-order chi connectivity index (χ0) is 17.1. The van der Waals surface area contributed by atoms with E-state index in [1.165, 1.54) is 0 Å². The summed E-state index contributed by atoms with van der Waals surface area (Å²) in [5.41, 5.74) is 7.34. The summed E-state index contributed by atoms with van der Waals surface area (Å²) in [5.74, 6) is 0.422. The first-order valence-electron chi connectivity index (χ1n) is 7.92. The van der Waals surface area contributed by atoms with Crippen molar-refractivity contribution in [1.82, 2.24) is 19.8 Å². The number of rotatable bonds is 3. The molecule has 128 valence electrons. The van der Waals surface area contributed by atoms with Gasteiger partial charge in [0, 0.05) is 38.1 Å². The maximum Gasteiger partial charge on any atom is 0.409 e. The van der Waals surface area contributed by atoms with Gasteiger partial charge in [0.25, 0.3) is 0 Å². The van der Waals surface area contributed by atoms with Gasteiger partial charge in [0.2, 0.25) is 0 Å².